The molecule has 2 heterocycles. The van der Waals surface area contributed by atoms with Crippen LogP contribution in [0.3, 0.4) is 0 Å². The van der Waals surface area contributed by atoms with Gasteiger partial charge in [-0.15, -0.1) is 10.2 Å². The second-order valence-electron chi connectivity index (χ2n) is 6.02. The van der Waals surface area contributed by atoms with Crippen molar-refractivity contribution < 1.29 is 23.5 Å². The summed E-state index contributed by atoms with van der Waals surface area (Å²) in [6, 6.07) is 10.9. The van der Waals surface area contributed by atoms with E-state index in [2.05, 4.69) is 15.4 Å². The van der Waals surface area contributed by atoms with Crippen LogP contribution < -0.4 is 4.74 Å². The maximum Gasteiger partial charge on any atom is 0.250 e. The second kappa shape index (κ2) is 6.14. The highest BCUT2D eigenvalue weighted by Gasteiger charge is 2.37. The third-order valence-corrected chi connectivity index (χ3v) is 4.08. The number of rotatable bonds is 3. The maximum absolute atomic E-state index is 14.0. The van der Waals surface area contributed by atoms with E-state index in [1.165, 1.54) is 18.2 Å². The molecule has 0 aliphatic carbocycles. The fraction of sp³-hybridized carbons (Fsp3) is 0.167. The molecule has 0 radical (unpaired) electrons. The Morgan fingerprint density at radius 1 is 1.19 bits per heavy atom. The largest absolute Gasteiger partial charge is 0.508 e. The number of oxime groups is 1. The molecule has 1 N–H and O–H groups in total. The predicted molar refractivity (Wildman–Crippen MR) is 88.9 cm³/mol. The molecule has 7 nitrogen and oxygen atoms in total. The smallest absolute Gasteiger partial charge is 0.250 e. The van der Waals surface area contributed by atoms with Crippen molar-refractivity contribution >= 4 is 5.90 Å². The van der Waals surface area contributed by atoms with Crippen LogP contribution in [0.4, 0.5) is 4.39 Å². The summed E-state index contributed by atoms with van der Waals surface area (Å²) in [6.07, 6.45) is 1.51. The van der Waals surface area contributed by atoms with Crippen LogP contribution >= 0.6 is 0 Å². The van der Waals surface area contributed by atoms with Gasteiger partial charge in [0.15, 0.2) is 5.60 Å². The minimum absolute atomic E-state index is 0.0616. The molecule has 0 unspecified atom stereocenters. The van der Waals surface area contributed by atoms with Crippen LogP contribution in [0.5, 0.6) is 11.5 Å². The Hall–Kier alpha value is -3.42. The predicted octanol–water partition coefficient (Wildman–Crippen LogP) is 3.61. The summed E-state index contributed by atoms with van der Waals surface area (Å²) in [7, 11) is 0. The maximum atomic E-state index is 14.0. The number of nitrogens with zero attached hydrogens (tertiary/aromatic N) is 3. The number of phenols is 1. The van der Waals surface area contributed by atoms with Crippen LogP contribution in [0.15, 0.2) is 58.4 Å². The van der Waals surface area contributed by atoms with E-state index in [9.17, 15) is 9.50 Å². The molecule has 132 valence electrons. The van der Waals surface area contributed by atoms with Crippen LogP contribution in [0.2, 0.25) is 0 Å². The first-order valence-electron chi connectivity index (χ1n) is 7.82. The molecule has 0 saturated carbocycles. The fourth-order valence-corrected chi connectivity index (χ4v) is 2.69. The third kappa shape index (κ3) is 2.97. The van der Waals surface area contributed by atoms with E-state index in [4.69, 9.17) is 14.0 Å². The summed E-state index contributed by atoms with van der Waals surface area (Å²) in [5, 5.41) is 20.6. The van der Waals surface area contributed by atoms with Crippen molar-refractivity contribution in [3.05, 3.63) is 60.2 Å². The molecular weight excluding hydrogens is 341 g/mol. The molecule has 0 spiro atoms. The lowest BCUT2D eigenvalue weighted by atomic mass is 9.93. The van der Waals surface area contributed by atoms with Crippen molar-refractivity contribution in [3.8, 4) is 23.0 Å². The number of phenolic OH excluding ortho intramolecular Hbond substituents is 1. The van der Waals surface area contributed by atoms with Crippen LogP contribution in [0.25, 0.3) is 11.5 Å². The number of benzene rings is 2. The monoisotopic (exact) mass is 355 g/mol. The molecule has 4 rings (SSSR count). The summed E-state index contributed by atoms with van der Waals surface area (Å²) in [5.41, 5.74) is 0.280. The van der Waals surface area contributed by atoms with Crippen LogP contribution in [-0.4, -0.2) is 21.2 Å². The summed E-state index contributed by atoms with van der Waals surface area (Å²) < 4.78 is 24.7. The average molecular weight is 355 g/mol. The van der Waals surface area contributed by atoms with Gasteiger partial charge in [0.25, 0.3) is 5.89 Å². The van der Waals surface area contributed by atoms with Gasteiger partial charge >= 0.3 is 0 Å². The molecule has 8 heteroatoms. The minimum Gasteiger partial charge on any atom is -0.508 e. The van der Waals surface area contributed by atoms with Gasteiger partial charge in [-0.05, 0) is 42.8 Å². The molecular formula is C18H14FN3O4. The lowest BCUT2D eigenvalue weighted by Gasteiger charge is -2.21. The van der Waals surface area contributed by atoms with Gasteiger partial charge in [0, 0.05) is 0 Å². The van der Waals surface area contributed by atoms with Crippen LogP contribution in [0, 0.1) is 5.82 Å². The van der Waals surface area contributed by atoms with Crippen molar-refractivity contribution in [2.45, 2.75) is 18.9 Å². The van der Waals surface area contributed by atoms with Crippen molar-refractivity contribution in [2.75, 3.05) is 0 Å². The van der Waals surface area contributed by atoms with Gasteiger partial charge in [-0.1, -0.05) is 17.3 Å². The van der Waals surface area contributed by atoms with Gasteiger partial charge in [0.2, 0.25) is 12.3 Å². The Kier molecular flexibility index (Phi) is 3.80. The quantitative estimate of drug-likeness (QED) is 0.772. The highest BCUT2D eigenvalue weighted by molar-refractivity contribution is 5.81. The molecule has 0 fully saturated rings. The van der Waals surface area contributed by atoms with Crippen molar-refractivity contribution in [1.82, 2.24) is 10.2 Å². The molecule has 1 aromatic heterocycles. The van der Waals surface area contributed by atoms with E-state index in [0.717, 1.165) is 12.0 Å². The summed E-state index contributed by atoms with van der Waals surface area (Å²) in [4.78, 5) is 5.54. The van der Waals surface area contributed by atoms with Gasteiger partial charge in [-0.3, -0.25) is 0 Å². The molecule has 0 amide bonds. The number of hydrogen-bond acceptors (Lipinski definition) is 7. The number of hydrogen-bond donors (Lipinski definition) is 1. The molecule has 3 aromatic rings. The van der Waals surface area contributed by atoms with Gasteiger partial charge in [-0.2, -0.15) is 0 Å². The van der Waals surface area contributed by atoms with Gasteiger partial charge in [0.1, 0.15) is 17.3 Å². The number of aromatic nitrogens is 2. The normalized spacial score (nSPS) is 19.1. The minimum atomic E-state index is -0.710. The molecule has 1 aliphatic heterocycles. The Morgan fingerprint density at radius 2 is 2.00 bits per heavy atom. The van der Waals surface area contributed by atoms with E-state index in [1.807, 2.05) is 6.92 Å². The fourth-order valence-electron chi connectivity index (χ4n) is 2.69. The van der Waals surface area contributed by atoms with E-state index < -0.39 is 11.4 Å². The van der Waals surface area contributed by atoms with E-state index in [1.54, 1.807) is 24.3 Å². The molecule has 1 aliphatic rings. The van der Waals surface area contributed by atoms with Gasteiger partial charge < -0.3 is 19.1 Å². The SMILES string of the molecule is C[C@@]1(c2ccc(O)cc2)CC(Oc2ccc(F)c(-c3nnco3)c2)=NO1. The summed E-state index contributed by atoms with van der Waals surface area (Å²) in [5.74, 6) is 0.458. The van der Waals surface area contributed by atoms with Crippen LogP contribution in [0.1, 0.15) is 18.9 Å². The zero-order chi connectivity index (χ0) is 18.1. The summed E-state index contributed by atoms with van der Waals surface area (Å²) >= 11 is 0. The first-order valence-corrected chi connectivity index (χ1v) is 7.82. The Labute approximate surface area is 147 Å². The number of halogens is 1. The van der Waals surface area contributed by atoms with E-state index in [-0.39, 0.29) is 17.2 Å². The number of ether oxygens (including phenoxy) is 1. The Bertz CT molecular complexity index is 957. The molecule has 26 heavy (non-hydrogen) atoms. The van der Waals surface area contributed by atoms with E-state index >= 15 is 0 Å². The molecule has 0 bridgehead atoms. The Morgan fingerprint density at radius 3 is 2.73 bits per heavy atom. The van der Waals surface area contributed by atoms with Crippen molar-refractivity contribution in [2.24, 2.45) is 5.16 Å². The van der Waals surface area contributed by atoms with Crippen molar-refractivity contribution in [3.63, 3.8) is 0 Å². The van der Waals surface area contributed by atoms with E-state index in [0.29, 0.717) is 18.1 Å². The molecule has 2 aromatic carbocycles. The molecule has 1 atom stereocenters. The lowest BCUT2D eigenvalue weighted by molar-refractivity contribution is -0.00742. The highest BCUT2D eigenvalue weighted by atomic mass is 19.1. The second-order valence-corrected chi connectivity index (χ2v) is 6.02. The highest BCUT2D eigenvalue weighted by Crippen LogP contribution is 2.36. The van der Waals surface area contributed by atoms with Gasteiger partial charge in [0.05, 0.1) is 12.0 Å². The first kappa shape index (κ1) is 16.1. The molecule has 0 saturated heterocycles. The van der Waals surface area contributed by atoms with Crippen molar-refractivity contribution in [1.29, 1.82) is 0 Å². The van der Waals surface area contributed by atoms with Gasteiger partial charge in [-0.25, -0.2) is 4.39 Å². The summed E-state index contributed by atoms with van der Waals surface area (Å²) in [6.45, 7) is 1.87. The zero-order valence-corrected chi connectivity index (χ0v) is 13.7. The standard InChI is InChI=1S/C18H14FN3O4/c1-18(11-2-4-12(23)5-3-11)9-16(22-26-18)25-13-6-7-15(19)14(8-13)17-21-20-10-24-17/h2-8,10,23H,9H2,1H3/t18-/m0/s1. The topological polar surface area (TPSA) is 90.0 Å². The number of aromatic hydroxyl groups is 1. The van der Waals surface area contributed by atoms with Crippen LogP contribution in [-0.2, 0) is 10.4 Å². The lowest BCUT2D eigenvalue weighted by Crippen LogP contribution is -2.23. The Balaban J connectivity index is 1.52. The first-order chi connectivity index (χ1) is 12.5. The average Bonchev–Trinajstić information content (AvgIpc) is 3.28. The zero-order valence-electron chi connectivity index (χ0n) is 13.7. The third-order valence-electron chi connectivity index (χ3n) is 4.08.